The van der Waals surface area contributed by atoms with E-state index in [1.54, 1.807) is 6.33 Å². The summed E-state index contributed by atoms with van der Waals surface area (Å²) in [5.74, 6) is 1.47. The van der Waals surface area contributed by atoms with Crippen LogP contribution in [0.3, 0.4) is 0 Å². The highest BCUT2D eigenvalue weighted by Gasteiger charge is 2.34. The standard InChI is InChI=1S/C18H26N6O/c1-3-13-9-24(18-16(13)17(19)20-11-21-18)14-6-12(7-14)8-23-5-4-22(2)15(25)10-23/h9,11-12,14H,3-8,10H2,1-2H3,(H2,19,20,21). The van der Waals surface area contributed by atoms with Gasteiger partial charge in [0, 0.05) is 38.9 Å². The first-order valence-corrected chi connectivity index (χ1v) is 9.13. The first-order chi connectivity index (χ1) is 12.1. The fourth-order valence-corrected chi connectivity index (χ4v) is 4.14. The van der Waals surface area contributed by atoms with Gasteiger partial charge in [-0.25, -0.2) is 9.97 Å². The average molecular weight is 342 g/mol. The number of likely N-dealkylation sites (N-methyl/N-ethyl adjacent to an activating group) is 1. The molecule has 0 bridgehead atoms. The highest BCUT2D eigenvalue weighted by Crippen LogP contribution is 2.41. The molecule has 7 heteroatoms. The predicted molar refractivity (Wildman–Crippen MR) is 97.2 cm³/mol. The smallest absolute Gasteiger partial charge is 0.236 e. The van der Waals surface area contributed by atoms with E-state index in [1.807, 2.05) is 11.9 Å². The molecule has 1 saturated heterocycles. The Balaban J connectivity index is 1.43. The van der Waals surface area contributed by atoms with Crippen molar-refractivity contribution in [3.63, 3.8) is 0 Å². The Morgan fingerprint density at radius 3 is 2.80 bits per heavy atom. The van der Waals surface area contributed by atoms with Gasteiger partial charge in [0.2, 0.25) is 5.91 Å². The molecule has 2 aliphatic rings. The third kappa shape index (κ3) is 2.86. The molecule has 1 amide bonds. The van der Waals surface area contributed by atoms with Crippen LogP contribution >= 0.6 is 0 Å². The number of aryl methyl sites for hydroxylation is 1. The molecule has 2 aromatic rings. The van der Waals surface area contributed by atoms with Crippen molar-refractivity contribution in [1.82, 2.24) is 24.3 Å². The maximum atomic E-state index is 11.8. The van der Waals surface area contributed by atoms with Crippen molar-refractivity contribution in [2.45, 2.75) is 32.2 Å². The first-order valence-electron chi connectivity index (χ1n) is 9.13. The van der Waals surface area contributed by atoms with Crippen LogP contribution in [-0.4, -0.2) is 63.5 Å². The highest BCUT2D eigenvalue weighted by atomic mass is 16.2. The fraction of sp³-hybridized carbons (Fsp3) is 0.611. The van der Waals surface area contributed by atoms with E-state index >= 15 is 0 Å². The zero-order valence-electron chi connectivity index (χ0n) is 15.0. The number of aromatic nitrogens is 3. The summed E-state index contributed by atoms with van der Waals surface area (Å²) in [4.78, 5) is 24.6. The van der Waals surface area contributed by atoms with Crippen LogP contribution in [0.25, 0.3) is 11.0 Å². The molecule has 7 nitrogen and oxygen atoms in total. The Kier molecular flexibility index (Phi) is 4.11. The lowest BCUT2D eigenvalue weighted by Gasteiger charge is -2.41. The van der Waals surface area contributed by atoms with Gasteiger partial charge in [0.1, 0.15) is 17.8 Å². The largest absolute Gasteiger partial charge is 0.383 e. The molecular formula is C18H26N6O. The molecule has 25 heavy (non-hydrogen) atoms. The summed E-state index contributed by atoms with van der Waals surface area (Å²) in [6.07, 6.45) is 6.96. The number of carbonyl (C=O) groups is 1. The number of rotatable bonds is 4. The molecule has 0 unspecified atom stereocenters. The number of hydrogen-bond donors (Lipinski definition) is 1. The first kappa shape index (κ1) is 16.3. The molecule has 1 saturated carbocycles. The van der Waals surface area contributed by atoms with Crippen molar-refractivity contribution >= 4 is 22.8 Å². The van der Waals surface area contributed by atoms with Gasteiger partial charge in [-0.3, -0.25) is 9.69 Å². The van der Waals surface area contributed by atoms with E-state index in [4.69, 9.17) is 5.73 Å². The van der Waals surface area contributed by atoms with E-state index in [0.29, 0.717) is 24.3 Å². The van der Waals surface area contributed by atoms with E-state index in [2.05, 4.69) is 32.6 Å². The van der Waals surface area contributed by atoms with Gasteiger partial charge in [-0.05, 0) is 30.7 Å². The summed E-state index contributed by atoms with van der Waals surface area (Å²) in [5, 5.41) is 1.01. The Morgan fingerprint density at radius 2 is 2.08 bits per heavy atom. The Morgan fingerprint density at radius 1 is 1.28 bits per heavy atom. The molecule has 1 aliphatic carbocycles. The summed E-state index contributed by atoms with van der Waals surface area (Å²) >= 11 is 0. The molecule has 0 atom stereocenters. The monoisotopic (exact) mass is 342 g/mol. The van der Waals surface area contributed by atoms with E-state index in [-0.39, 0.29) is 5.91 Å². The lowest BCUT2D eigenvalue weighted by molar-refractivity contribution is -0.134. The summed E-state index contributed by atoms with van der Waals surface area (Å²) in [7, 11) is 1.88. The summed E-state index contributed by atoms with van der Waals surface area (Å²) in [6, 6.07) is 0.477. The number of carbonyl (C=O) groups excluding carboxylic acids is 1. The van der Waals surface area contributed by atoms with Gasteiger partial charge in [-0.2, -0.15) is 0 Å². The molecule has 1 aliphatic heterocycles. The Labute approximate surface area is 147 Å². The lowest BCUT2D eigenvalue weighted by atomic mass is 9.79. The van der Waals surface area contributed by atoms with Crippen molar-refractivity contribution in [3.8, 4) is 0 Å². The number of fused-ring (bicyclic) bond motifs is 1. The predicted octanol–water partition coefficient (Wildman–Crippen LogP) is 1.30. The van der Waals surface area contributed by atoms with E-state index in [0.717, 1.165) is 49.9 Å². The maximum absolute atomic E-state index is 11.8. The summed E-state index contributed by atoms with van der Waals surface area (Å²) < 4.78 is 2.29. The van der Waals surface area contributed by atoms with Crippen molar-refractivity contribution in [2.24, 2.45) is 5.92 Å². The van der Waals surface area contributed by atoms with Crippen molar-refractivity contribution in [3.05, 3.63) is 18.1 Å². The van der Waals surface area contributed by atoms with E-state index < -0.39 is 0 Å². The lowest BCUT2D eigenvalue weighted by Crippen LogP contribution is -2.50. The van der Waals surface area contributed by atoms with Crippen LogP contribution in [-0.2, 0) is 11.2 Å². The minimum absolute atomic E-state index is 0.235. The molecule has 2 fully saturated rings. The number of nitrogens with two attached hydrogens (primary N) is 1. The molecule has 0 radical (unpaired) electrons. The maximum Gasteiger partial charge on any atom is 0.236 e. The van der Waals surface area contributed by atoms with Gasteiger partial charge in [-0.15, -0.1) is 0 Å². The van der Waals surface area contributed by atoms with Gasteiger partial charge in [0.15, 0.2) is 0 Å². The Hall–Kier alpha value is -2.15. The van der Waals surface area contributed by atoms with Gasteiger partial charge in [-0.1, -0.05) is 6.92 Å². The normalized spacial score (nSPS) is 24.7. The molecule has 4 rings (SSSR count). The number of anilines is 1. The highest BCUT2D eigenvalue weighted by molar-refractivity contribution is 5.89. The van der Waals surface area contributed by atoms with Crippen molar-refractivity contribution in [2.75, 3.05) is 39.0 Å². The van der Waals surface area contributed by atoms with E-state index in [1.165, 1.54) is 5.56 Å². The number of hydrogen-bond acceptors (Lipinski definition) is 5. The third-order valence-electron chi connectivity index (χ3n) is 5.75. The quantitative estimate of drug-likeness (QED) is 0.906. The minimum atomic E-state index is 0.235. The Bertz CT molecular complexity index is 794. The van der Waals surface area contributed by atoms with Crippen molar-refractivity contribution in [1.29, 1.82) is 0 Å². The number of nitrogens with zero attached hydrogens (tertiary/aromatic N) is 5. The molecule has 0 spiro atoms. The van der Waals surface area contributed by atoms with Gasteiger partial charge < -0.3 is 15.2 Å². The summed E-state index contributed by atoms with van der Waals surface area (Å²) in [6.45, 7) is 5.55. The van der Waals surface area contributed by atoms with Crippen molar-refractivity contribution < 1.29 is 4.79 Å². The third-order valence-corrected chi connectivity index (χ3v) is 5.75. The second-order valence-electron chi connectivity index (χ2n) is 7.41. The molecule has 0 aromatic carbocycles. The van der Waals surface area contributed by atoms with Crippen LogP contribution < -0.4 is 5.73 Å². The van der Waals surface area contributed by atoms with Crippen LogP contribution in [0.1, 0.15) is 31.4 Å². The van der Waals surface area contributed by atoms with Crippen LogP contribution in [0.15, 0.2) is 12.5 Å². The minimum Gasteiger partial charge on any atom is -0.383 e. The zero-order valence-corrected chi connectivity index (χ0v) is 15.0. The van der Waals surface area contributed by atoms with Crippen LogP contribution in [0.5, 0.6) is 0 Å². The number of amides is 1. The SMILES string of the molecule is CCc1cn(C2CC(CN3CCN(C)C(=O)C3)C2)c2ncnc(N)c12. The van der Waals surface area contributed by atoms with Gasteiger partial charge in [0.25, 0.3) is 0 Å². The number of nitrogen functional groups attached to an aromatic ring is 1. The summed E-state index contributed by atoms with van der Waals surface area (Å²) in [5.41, 5.74) is 8.26. The molecule has 134 valence electrons. The molecule has 3 heterocycles. The van der Waals surface area contributed by atoms with Crippen LogP contribution in [0.2, 0.25) is 0 Å². The topological polar surface area (TPSA) is 80.3 Å². The molecule has 2 aromatic heterocycles. The molecule has 2 N–H and O–H groups in total. The van der Waals surface area contributed by atoms with Gasteiger partial charge in [0.05, 0.1) is 11.9 Å². The average Bonchev–Trinajstić information content (AvgIpc) is 2.93. The van der Waals surface area contributed by atoms with Gasteiger partial charge >= 0.3 is 0 Å². The zero-order chi connectivity index (χ0) is 17.6. The number of piperazine rings is 1. The molecular weight excluding hydrogens is 316 g/mol. The fourth-order valence-electron chi connectivity index (χ4n) is 4.14. The second kappa shape index (κ2) is 6.29. The van der Waals surface area contributed by atoms with Crippen LogP contribution in [0, 0.1) is 5.92 Å². The second-order valence-corrected chi connectivity index (χ2v) is 7.41. The van der Waals surface area contributed by atoms with Crippen LogP contribution in [0.4, 0.5) is 5.82 Å². The van der Waals surface area contributed by atoms with E-state index in [9.17, 15) is 4.79 Å².